The highest BCUT2D eigenvalue weighted by molar-refractivity contribution is 5.68. The van der Waals surface area contributed by atoms with Crippen LogP contribution in [0.1, 0.15) is 5.69 Å². The average molecular weight is 329 g/mol. The van der Waals surface area contributed by atoms with Crippen LogP contribution in [0, 0.1) is 0 Å². The second-order valence-electron chi connectivity index (χ2n) is 5.39. The van der Waals surface area contributed by atoms with Gasteiger partial charge in [-0.3, -0.25) is 0 Å². The molecular weight excluding hydrogens is 310 g/mol. The molecule has 9 heteroatoms. The van der Waals surface area contributed by atoms with Gasteiger partial charge in [-0.2, -0.15) is 0 Å². The van der Waals surface area contributed by atoms with Gasteiger partial charge in [-0.1, -0.05) is 0 Å². The smallest absolute Gasteiger partial charge is 0.407 e. The Labute approximate surface area is 139 Å². The van der Waals surface area contributed by atoms with Crippen molar-refractivity contribution < 1.29 is 9.90 Å². The van der Waals surface area contributed by atoms with Crippen LogP contribution in [-0.4, -0.2) is 57.2 Å². The predicted molar refractivity (Wildman–Crippen MR) is 89.8 cm³/mol. The zero-order chi connectivity index (χ0) is 16.9. The summed E-state index contributed by atoms with van der Waals surface area (Å²) in [7, 11) is 0. The number of carbonyl (C=O) groups is 1. The quantitative estimate of drug-likeness (QED) is 0.755. The largest absolute Gasteiger partial charge is 0.465 e. The predicted octanol–water partition coefficient (Wildman–Crippen LogP) is 0.866. The molecule has 0 aliphatic carbocycles. The van der Waals surface area contributed by atoms with Crippen LogP contribution in [0.2, 0.25) is 0 Å². The summed E-state index contributed by atoms with van der Waals surface area (Å²) in [6.45, 7) is 2.65. The maximum atomic E-state index is 11.0. The molecule has 1 aliphatic rings. The second kappa shape index (κ2) is 6.99. The number of amides is 1. The molecule has 0 bridgehead atoms. The van der Waals surface area contributed by atoms with E-state index in [-0.39, 0.29) is 5.95 Å². The molecule has 0 atom stereocenters. The topological polar surface area (TPSA) is 120 Å². The van der Waals surface area contributed by atoms with Crippen molar-refractivity contribution in [2.24, 2.45) is 0 Å². The Balaban J connectivity index is 1.68. The molecule has 0 spiro atoms. The number of carboxylic acid groups (broad SMARTS) is 1. The van der Waals surface area contributed by atoms with Gasteiger partial charge in [0.15, 0.2) is 5.82 Å². The Hall–Kier alpha value is -3.10. The van der Waals surface area contributed by atoms with Crippen molar-refractivity contribution in [2.45, 2.75) is 6.54 Å². The summed E-state index contributed by atoms with van der Waals surface area (Å²) in [5.41, 5.74) is 7.25. The molecule has 3 rings (SSSR count). The highest BCUT2D eigenvalue weighted by Crippen LogP contribution is 2.24. The van der Waals surface area contributed by atoms with Gasteiger partial charge in [0.1, 0.15) is 0 Å². The van der Waals surface area contributed by atoms with E-state index in [0.717, 1.165) is 17.2 Å². The third-order valence-electron chi connectivity index (χ3n) is 3.83. The molecule has 1 aliphatic heterocycles. The molecule has 0 unspecified atom stereocenters. The molecule has 1 fully saturated rings. The first-order chi connectivity index (χ1) is 11.6. The van der Waals surface area contributed by atoms with Crippen molar-refractivity contribution in [2.75, 3.05) is 42.1 Å². The van der Waals surface area contributed by atoms with E-state index in [4.69, 9.17) is 10.8 Å². The van der Waals surface area contributed by atoms with E-state index in [0.29, 0.717) is 32.7 Å². The summed E-state index contributed by atoms with van der Waals surface area (Å²) in [5.74, 6) is 1.05. The molecule has 0 radical (unpaired) electrons. The van der Waals surface area contributed by atoms with Gasteiger partial charge in [-0.25, -0.2) is 19.7 Å². The normalized spacial score (nSPS) is 14.5. The van der Waals surface area contributed by atoms with Crippen LogP contribution in [0.4, 0.5) is 22.2 Å². The van der Waals surface area contributed by atoms with Gasteiger partial charge in [0.2, 0.25) is 5.95 Å². The summed E-state index contributed by atoms with van der Waals surface area (Å²) in [4.78, 5) is 27.0. The monoisotopic (exact) mass is 329 g/mol. The SMILES string of the molecule is Nc1nccc(CNc2cccnc2N2CCN(C(=O)O)CC2)n1. The van der Waals surface area contributed by atoms with Crippen LogP contribution in [0.5, 0.6) is 0 Å². The van der Waals surface area contributed by atoms with E-state index >= 15 is 0 Å². The number of piperazine rings is 1. The number of rotatable bonds is 4. The number of nitrogens with one attached hydrogen (secondary N) is 1. The fourth-order valence-corrected chi connectivity index (χ4v) is 2.59. The number of pyridine rings is 1. The molecule has 126 valence electrons. The third kappa shape index (κ3) is 3.62. The van der Waals surface area contributed by atoms with E-state index in [2.05, 4.69) is 25.2 Å². The lowest BCUT2D eigenvalue weighted by Crippen LogP contribution is -2.48. The van der Waals surface area contributed by atoms with E-state index < -0.39 is 6.09 Å². The Kier molecular flexibility index (Phi) is 4.59. The summed E-state index contributed by atoms with van der Waals surface area (Å²) >= 11 is 0. The zero-order valence-corrected chi connectivity index (χ0v) is 13.1. The molecular formula is C15H19N7O2. The zero-order valence-electron chi connectivity index (χ0n) is 13.1. The van der Waals surface area contributed by atoms with Crippen molar-refractivity contribution in [1.29, 1.82) is 0 Å². The Bertz CT molecular complexity index is 716. The standard InChI is InChI=1S/C15H19N7O2/c16-14-18-5-3-11(20-14)10-19-12-2-1-4-17-13(12)21-6-8-22(9-7-21)15(23)24/h1-5,19H,6-10H2,(H,23,24)(H2,16,18,20). The van der Waals surface area contributed by atoms with Crippen LogP contribution < -0.4 is 16.0 Å². The van der Waals surface area contributed by atoms with Crippen molar-refractivity contribution in [3.63, 3.8) is 0 Å². The van der Waals surface area contributed by atoms with Crippen molar-refractivity contribution in [3.8, 4) is 0 Å². The minimum absolute atomic E-state index is 0.241. The second-order valence-corrected chi connectivity index (χ2v) is 5.39. The number of anilines is 3. The first kappa shape index (κ1) is 15.8. The summed E-state index contributed by atoms with van der Waals surface area (Å²) in [6.07, 6.45) is 2.47. The lowest BCUT2D eigenvalue weighted by Gasteiger charge is -2.34. The van der Waals surface area contributed by atoms with Gasteiger partial charge in [-0.05, 0) is 18.2 Å². The number of hydrogen-bond acceptors (Lipinski definition) is 7. The van der Waals surface area contributed by atoms with Gasteiger partial charge in [0.25, 0.3) is 0 Å². The maximum Gasteiger partial charge on any atom is 0.407 e. The van der Waals surface area contributed by atoms with Gasteiger partial charge in [0, 0.05) is 38.6 Å². The summed E-state index contributed by atoms with van der Waals surface area (Å²) in [6, 6.07) is 5.59. The Morgan fingerprint density at radius 1 is 1.21 bits per heavy atom. The molecule has 2 aromatic heterocycles. The molecule has 1 amide bonds. The molecule has 4 N–H and O–H groups in total. The molecule has 24 heavy (non-hydrogen) atoms. The minimum atomic E-state index is -0.879. The summed E-state index contributed by atoms with van der Waals surface area (Å²) in [5, 5.41) is 12.3. The molecule has 0 saturated carbocycles. The molecule has 2 aromatic rings. The van der Waals surface area contributed by atoms with Crippen molar-refractivity contribution >= 4 is 23.5 Å². The van der Waals surface area contributed by atoms with Crippen LogP contribution in [0.15, 0.2) is 30.6 Å². The molecule has 3 heterocycles. The van der Waals surface area contributed by atoms with E-state index in [1.807, 2.05) is 12.1 Å². The fourth-order valence-electron chi connectivity index (χ4n) is 2.59. The van der Waals surface area contributed by atoms with Crippen LogP contribution >= 0.6 is 0 Å². The molecule has 9 nitrogen and oxygen atoms in total. The molecule has 0 aromatic carbocycles. The highest BCUT2D eigenvalue weighted by atomic mass is 16.4. The van der Waals surface area contributed by atoms with E-state index in [9.17, 15) is 4.79 Å². The lowest BCUT2D eigenvalue weighted by molar-refractivity contribution is 0.142. The minimum Gasteiger partial charge on any atom is -0.465 e. The molecule has 1 saturated heterocycles. The van der Waals surface area contributed by atoms with Crippen molar-refractivity contribution in [3.05, 3.63) is 36.3 Å². The summed E-state index contributed by atoms with van der Waals surface area (Å²) < 4.78 is 0. The van der Waals surface area contributed by atoms with Gasteiger partial charge in [0.05, 0.1) is 17.9 Å². The van der Waals surface area contributed by atoms with Crippen LogP contribution in [-0.2, 0) is 6.54 Å². The van der Waals surface area contributed by atoms with Gasteiger partial charge >= 0.3 is 6.09 Å². The van der Waals surface area contributed by atoms with Crippen LogP contribution in [0.3, 0.4) is 0 Å². The Morgan fingerprint density at radius 3 is 2.71 bits per heavy atom. The first-order valence-electron chi connectivity index (χ1n) is 7.62. The van der Waals surface area contributed by atoms with E-state index in [1.165, 1.54) is 4.90 Å². The average Bonchev–Trinajstić information content (AvgIpc) is 2.60. The first-order valence-corrected chi connectivity index (χ1v) is 7.62. The van der Waals surface area contributed by atoms with Crippen molar-refractivity contribution in [1.82, 2.24) is 19.9 Å². The van der Waals surface area contributed by atoms with Crippen LogP contribution in [0.25, 0.3) is 0 Å². The van der Waals surface area contributed by atoms with E-state index in [1.54, 1.807) is 18.5 Å². The third-order valence-corrected chi connectivity index (χ3v) is 3.83. The maximum absolute atomic E-state index is 11.0. The number of nitrogens with two attached hydrogens (primary N) is 1. The lowest BCUT2D eigenvalue weighted by atomic mass is 10.2. The Morgan fingerprint density at radius 2 is 2.00 bits per heavy atom. The number of aromatic nitrogens is 3. The van der Waals surface area contributed by atoms with Gasteiger partial charge in [-0.15, -0.1) is 0 Å². The van der Waals surface area contributed by atoms with Gasteiger partial charge < -0.3 is 26.0 Å². The number of hydrogen-bond donors (Lipinski definition) is 3. The fraction of sp³-hybridized carbons (Fsp3) is 0.333. The number of nitrogen functional groups attached to an aromatic ring is 1. The highest BCUT2D eigenvalue weighted by Gasteiger charge is 2.22. The number of nitrogens with zero attached hydrogens (tertiary/aromatic N) is 5.